The van der Waals surface area contributed by atoms with E-state index in [9.17, 15) is 8.42 Å². The third-order valence-electron chi connectivity index (χ3n) is 3.77. The standard InChI is InChI=1S/C13H18N4O2S.ClH/c1-10-4-3-7-17(12(10)9-15)20(18,19)13-5-2-6-16-11(13)8-14;/h2,5-6,10,12H,3-4,7,9,15H2,1H3;1H. The molecule has 2 N–H and O–H groups in total. The van der Waals surface area contributed by atoms with Gasteiger partial charge in [0.25, 0.3) is 0 Å². The van der Waals surface area contributed by atoms with E-state index in [0.717, 1.165) is 12.8 Å². The van der Waals surface area contributed by atoms with Crippen molar-refractivity contribution >= 4 is 22.4 Å². The minimum absolute atomic E-state index is 0. The number of hydrogen-bond donors (Lipinski definition) is 1. The summed E-state index contributed by atoms with van der Waals surface area (Å²) >= 11 is 0. The molecule has 116 valence electrons. The van der Waals surface area contributed by atoms with Crippen molar-refractivity contribution in [2.75, 3.05) is 13.1 Å². The summed E-state index contributed by atoms with van der Waals surface area (Å²) in [7, 11) is -3.73. The molecule has 1 aromatic heterocycles. The lowest BCUT2D eigenvalue weighted by molar-refractivity contribution is 0.192. The Morgan fingerprint density at radius 1 is 1.57 bits per heavy atom. The lowest BCUT2D eigenvalue weighted by atomic mass is 9.93. The maximum Gasteiger partial charge on any atom is 0.246 e. The molecule has 0 aromatic carbocycles. The highest BCUT2D eigenvalue weighted by atomic mass is 35.5. The van der Waals surface area contributed by atoms with Crippen LogP contribution >= 0.6 is 12.4 Å². The van der Waals surface area contributed by atoms with Crippen LogP contribution in [0.2, 0.25) is 0 Å². The Morgan fingerprint density at radius 2 is 2.29 bits per heavy atom. The van der Waals surface area contributed by atoms with Gasteiger partial charge in [-0.2, -0.15) is 9.57 Å². The first-order valence-electron chi connectivity index (χ1n) is 6.59. The topological polar surface area (TPSA) is 100 Å². The number of piperidine rings is 1. The quantitative estimate of drug-likeness (QED) is 0.895. The second kappa shape index (κ2) is 7.18. The third-order valence-corrected chi connectivity index (χ3v) is 5.73. The van der Waals surface area contributed by atoms with E-state index >= 15 is 0 Å². The molecule has 2 unspecified atom stereocenters. The minimum atomic E-state index is -3.73. The number of aromatic nitrogens is 1. The lowest BCUT2D eigenvalue weighted by Gasteiger charge is -2.38. The largest absolute Gasteiger partial charge is 0.329 e. The van der Waals surface area contributed by atoms with Gasteiger partial charge in [-0.25, -0.2) is 13.4 Å². The zero-order chi connectivity index (χ0) is 14.8. The highest BCUT2D eigenvalue weighted by Gasteiger charge is 2.37. The average molecular weight is 331 g/mol. The summed E-state index contributed by atoms with van der Waals surface area (Å²) in [6.45, 7) is 2.73. The zero-order valence-electron chi connectivity index (χ0n) is 11.8. The van der Waals surface area contributed by atoms with Gasteiger partial charge in [0.2, 0.25) is 10.0 Å². The van der Waals surface area contributed by atoms with Crippen LogP contribution < -0.4 is 5.73 Å². The fraction of sp³-hybridized carbons (Fsp3) is 0.538. The molecular weight excluding hydrogens is 312 g/mol. The van der Waals surface area contributed by atoms with Crippen LogP contribution in [0.4, 0.5) is 0 Å². The first-order chi connectivity index (χ1) is 9.52. The molecule has 0 saturated carbocycles. The summed E-state index contributed by atoms with van der Waals surface area (Å²) in [5.74, 6) is 0.214. The molecule has 21 heavy (non-hydrogen) atoms. The van der Waals surface area contributed by atoms with Crippen molar-refractivity contribution in [1.82, 2.24) is 9.29 Å². The van der Waals surface area contributed by atoms with Gasteiger partial charge in [0, 0.05) is 25.3 Å². The van der Waals surface area contributed by atoms with Crippen LogP contribution in [0, 0.1) is 17.2 Å². The van der Waals surface area contributed by atoms with Gasteiger partial charge in [0.05, 0.1) is 0 Å². The molecule has 8 heteroatoms. The van der Waals surface area contributed by atoms with Crippen LogP contribution in [0.3, 0.4) is 0 Å². The van der Waals surface area contributed by atoms with Crippen LogP contribution in [-0.4, -0.2) is 36.8 Å². The van der Waals surface area contributed by atoms with Crippen LogP contribution in [0.25, 0.3) is 0 Å². The molecule has 0 radical (unpaired) electrons. The van der Waals surface area contributed by atoms with Gasteiger partial charge >= 0.3 is 0 Å². The molecule has 0 amide bonds. The number of nitrogens with two attached hydrogens (primary N) is 1. The van der Waals surface area contributed by atoms with Crippen molar-refractivity contribution in [3.8, 4) is 6.07 Å². The van der Waals surface area contributed by atoms with E-state index in [1.165, 1.54) is 22.6 Å². The molecule has 1 aliphatic rings. The van der Waals surface area contributed by atoms with E-state index in [2.05, 4.69) is 4.98 Å². The maximum atomic E-state index is 12.8. The van der Waals surface area contributed by atoms with Crippen molar-refractivity contribution < 1.29 is 8.42 Å². The lowest BCUT2D eigenvalue weighted by Crippen LogP contribution is -2.51. The zero-order valence-corrected chi connectivity index (χ0v) is 13.4. The van der Waals surface area contributed by atoms with Crippen molar-refractivity contribution in [2.24, 2.45) is 11.7 Å². The fourth-order valence-corrected chi connectivity index (χ4v) is 4.53. The Morgan fingerprint density at radius 3 is 2.90 bits per heavy atom. The van der Waals surface area contributed by atoms with E-state index in [1.54, 1.807) is 0 Å². The maximum absolute atomic E-state index is 12.8. The van der Waals surface area contributed by atoms with E-state index in [1.807, 2.05) is 13.0 Å². The molecular formula is C13H19ClN4O2S. The first-order valence-corrected chi connectivity index (χ1v) is 8.03. The number of pyridine rings is 1. The number of sulfonamides is 1. The van der Waals surface area contributed by atoms with Crippen molar-refractivity contribution in [3.05, 3.63) is 24.0 Å². The summed E-state index contributed by atoms with van der Waals surface area (Å²) in [5.41, 5.74) is 5.67. The number of halogens is 1. The van der Waals surface area contributed by atoms with Crippen LogP contribution in [0.1, 0.15) is 25.5 Å². The molecule has 1 aliphatic heterocycles. The molecule has 2 atom stereocenters. The Labute approximate surface area is 131 Å². The van der Waals surface area contributed by atoms with E-state index in [0.29, 0.717) is 6.54 Å². The summed E-state index contributed by atoms with van der Waals surface area (Å²) in [4.78, 5) is 3.80. The normalized spacial score (nSPS) is 23.1. The summed E-state index contributed by atoms with van der Waals surface area (Å²) in [6, 6.07) is 4.57. The van der Waals surface area contributed by atoms with Crippen molar-refractivity contribution in [2.45, 2.75) is 30.7 Å². The van der Waals surface area contributed by atoms with Gasteiger partial charge < -0.3 is 5.73 Å². The Hall–Kier alpha value is -1.20. The van der Waals surface area contributed by atoms with E-state index in [4.69, 9.17) is 11.0 Å². The van der Waals surface area contributed by atoms with Crippen molar-refractivity contribution in [3.63, 3.8) is 0 Å². The highest BCUT2D eigenvalue weighted by molar-refractivity contribution is 7.89. The first kappa shape index (κ1) is 17.9. The SMILES string of the molecule is CC1CCCN(S(=O)(=O)c2cccnc2C#N)C1CN.Cl. The van der Waals surface area contributed by atoms with Gasteiger partial charge in [0.15, 0.2) is 5.69 Å². The van der Waals surface area contributed by atoms with Gasteiger partial charge in [-0.05, 0) is 30.9 Å². The number of rotatable bonds is 3. The molecule has 2 rings (SSSR count). The molecule has 1 aromatic rings. The molecule has 2 heterocycles. The highest BCUT2D eigenvalue weighted by Crippen LogP contribution is 2.29. The Balaban J connectivity index is 0.00000220. The third kappa shape index (κ3) is 3.35. The molecule has 1 saturated heterocycles. The van der Waals surface area contributed by atoms with Gasteiger partial charge in [-0.3, -0.25) is 0 Å². The second-order valence-corrected chi connectivity index (χ2v) is 6.86. The van der Waals surface area contributed by atoms with Crippen LogP contribution in [-0.2, 0) is 10.0 Å². The molecule has 1 fully saturated rings. The molecule has 0 bridgehead atoms. The summed E-state index contributed by atoms with van der Waals surface area (Å²) < 4.78 is 27.0. The van der Waals surface area contributed by atoms with E-state index in [-0.39, 0.29) is 41.5 Å². The van der Waals surface area contributed by atoms with Crippen LogP contribution in [0.15, 0.2) is 23.2 Å². The monoisotopic (exact) mass is 330 g/mol. The average Bonchev–Trinajstić information content (AvgIpc) is 2.46. The number of nitrogens with zero attached hydrogens (tertiary/aromatic N) is 3. The predicted molar refractivity (Wildman–Crippen MR) is 81.3 cm³/mol. The minimum Gasteiger partial charge on any atom is -0.329 e. The Kier molecular flexibility index (Phi) is 6.10. The van der Waals surface area contributed by atoms with Gasteiger partial charge in [-0.15, -0.1) is 12.4 Å². The number of nitriles is 1. The van der Waals surface area contributed by atoms with Gasteiger partial charge in [0.1, 0.15) is 11.0 Å². The smallest absolute Gasteiger partial charge is 0.246 e. The Bertz CT molecular complexity index is 629. The molecule has 0 spiro atoms. The predicted octanol–water partition coefficient (Wildman–Crippen LogP) is 1.12. The van der Waals surface area contributed by atoms with E-state index < -0.39 is 10.0 Å². The molecule has 6 nitrogen and oxygen atoms in total. The number of hydrogen-bond acceptors (Lipinski definition) is 5. The van der Waals surface area contributed by atoms with Crippen LogP contribution in [0.5, 0.6) is 0 Å². The fourth-order valence-electron chi connectivity index (χ4n) is 2.67. The second-order valence-electron chi connectivity index (χ2n) is 5.00. The van der Waals surface area contributed by atoms with Crippen molar-refractivity contribution in [1.29, 1.82) is 5.26 Å². The van der Waals surface area contributed by atoms with Gasteiger partial charge in [-0.1, -0.05) is 6.92 Å². The molecule has 0 aliphatic carbocycles. The summed E-state index contributed by atoms with van der Waals surface area (Å²) in [6.07, 6.45) is 3.18. The summed E-state index contributed by atoms with van der Waals surface area (Å²) in [5, 5.41) is 9.04.